The number of aliphatic hydroxyl groups is 23. The van der Waals surface area contributed by atoms with Gasteiger partial charge in [-0.05, 0) is 13.8 Å². The van der Waals surface area contributed by atoms with Gasteiger partial charge in [-0.2, -0.15) is 0 Å². The highest BCUT2D eigenvalue weighted by Crippen LogP contribution is 2.37. The van der Waals surface area contributed by atoms with Gasteiger partial charge in [-0.3, -0.25) is 0 Å². The number of ether oxygens (including phenoxy) is 15. The molecule has 0 saturated carbocycles. The van der Waals surface area contributed by atoms with Crippen molar-refractivity contribution in [3.05, 3.63) is 12.7 Å². The zero-order chi connectivity index (χ0) is 67.4. The van der Waals surface area contributed by atoms with Crippen LogP contribution in [-0.2, 0) is 71.1 Å². The Labute approximate surface area is 517 Å². The molecule has 91 heavy (non-hydrogen) atoms. The summed E-state index contributed by atoms with van der Waals surface area (Å²) in [4.78, 5) is 0. The van der Waals surface area contributed by atoms with E-state index >= 15 is 0 Å². The van der Waals surface area contributed by atoms with Crippen LogP contribution in [0.2, 0.25) is 0 Å². The van der Waals surface area contributed by atoms with Gasteiger partial charge >= 0.3 is 0 Å². The Morgan fingerprint density at radius 2 is 0.725 bits per heavy atom. The maximum absolute atomic E-state index is 12.2. The Hall–Kier alpha value is -1.86. The summed E-state index contributed by atoms with van der Waals surface area (Å²) in [6.45, 7) is -0.586. The second-order valence-electron chi connectivity index (χ2n) is 23.1. The Morgan fingerprint density at radius 1 is 0.374 bits per heavy atom. The molecular formula is C51H90N2O38. The molecule has 7 fully saturated rings. The van der Waals surface area contributed by atoms with Crippen LogP contribution in [0.3, 0.4) is 0 Å². The predicted molar refractivity (Wildman–Crippen MR) is 283 cm³/mol. The fourth-order valence-electron chi connectivity index (χ4n) is 11.3. The van der Waals surface area contributed by atoms with Crippen LogP contribution in [0, 0.1) is 0 Å². The van der Waals surface area contributed by atoms with Gasteiger partial charge < -0.3 is 200 Å². The molecule has 7 saturated heterocycles. The van der Waals surface area contributed by atoms with Gasteiger partial charge in [-0.1, -0.05) is 6.08 Å². The number of hydrogen-bond donors (Lipinski definition) is 25. The lowest BCUT2D eigenvalue weighted by molar-refractivity contribution is -0.380. The maximum Gasteiger partial charge on any atom is 0.187 e. The molecule has 7 aliphatic heterocycles. The van der Waals surface area contributed by atoms with E-state index in [0.717, 1.165) is 0 Å². The average molecular weight is 1340 g/mol. The Morgan fingerprint density at radius 3 is 1.15 bits per heavy atom. The van der Waals surface area contributed by atoms with Crippen LogP contribution in [0.5, 0.6) is 0 Å². The first-order valence-electron chi connectivity index (χ1n) is 29.2. The fraction of sp³-hybridized carbons (Fsp3) is 0.961. The second-order valence-corrected chi connectivity index (χ2v) is 23.1. The SMILES string of the molecule is C=CCO[C@@H]1OC(CO)[C@@H](O[C@H](O)C(O)C(O[C@@H]2OC(CO)[C@@H](O[C@@H]3OC(C)[C@@H](O)C(O)C3O)C(O[C@@H]3OC(CO)[C@H](O)C(O)C3O)C2N)[C@@H](O)C(O)CO[C@@H]2OC(CO)[C@@H](O[C@@H]3OC(CO)[C@H](O)C(O)C3O)C(OC3OC(C)[C@@H](O)C(O)C3O)C2N)C(O)C1O. The third-order valence-corrected chi connectivity index (χ3v) is 16.8. The lowest BCUT2D eigenvalue weighted by atomic mass is 9.94. The molecule has 40 heteroatoms. The zero-order valence-corrected chi connectivity index (χ0v) is 48.9. The first-order chi connectivity index (χ1) is 43.0. The van der Waals surface area contributed by atoms with E-state index in [1.54, 1.807) is 0 Å². The van der Waals surface area contributed by atoms with E-state index < -0.39 is 285 Å². The molecule has 0 bridgehead atoms. The van der Waals surface area contributed by atoms with Gasteiger partial charge in [0.1, 0.15) is 171 Å². The van der Waals surface area contributed by atoms with Crippen molar-refractivity contribution >= 4 is 0 Å². The summed E-state index contributed by atoms with van der Waals surface area (Å²) in [7, 11) is 0. The van der Waals surface area contributed by atoms with Crippen molar-refractivity contribution < 1.29 is 189 Å². The highest BCUT2D eigenvalue weighted by atomic mass is 16.8. The molecule has 0 aromatic carbocycles. The maximum atomic E-state index is 12.2. The van der Waals surface area contributed by atoms with E-state index in [0.29, 0.717) is 0 Å². The smallest absolute Gasteiger partial charge is 0.187 e. The molecule has 7 heterocycles. The predicted octanol–water partition coefficient (Wildman–Crippen LogP) is -16.3. The monoisotopic (exact) mass is 1340 g/mol. The zero-order valence-electron chi connectivity index (χ0n) is 48.9. The minimum Gasteiger partial charge on any atom is -0.394 e. The topological polar surface area (TPSA) is 656 Å². The van der Waals surface area contributed by atoms with E-state index in [-0.39, 0.29) is 6.61 Å². The van der Waals surface area contributed by atoms with Crippen molar-refractivity contribution in [3.8, 4) is 0 Å². The summed E-state index contributed by atoms with van der Waals surface area (Å²) in [5.41, 5.74) is 13.4. The Bertz CT molecular complexity index is 2180. The third kappa shape index (κ3) is 16.8. The van der Waals surface area contributed by atoms with Gasteiger partial charge in [0.05, 0.1) is 70.5 Å². The molecule has 40 atom stereocenters. The minimum atomic E-state index is -2.78. The van der Waals surface area contributed by atoms with Crippen LogP contribution in [0.1, 0.15) is 13.8 Å². The molecule has 0 aromatic heterocycles. The van der Waals surface area contributed by atoms with Gasteiger partial charge in [0.25, 0.3) is 0 Å². The summed E-state index contributed by atoms with van der Waals surface area (Å²) in [6.07, 6.45) is -74.0. The van der Waals surface area contributed by atoms with Gasteiger partial charge in [0, 0.05) is 0 Å². The standard InChI is InChI=1S/C51H90N2O38/c1-4-5-77-47-36(74)31(69)38(17(8-56)85-47)86-44(76)37(75)43(91-46-21(53)42(90-51-35(73)30(68)26(64)16(7-55)82-51)40(19(10-58)84-46)87-48-32(70)27(65)22(60)12(2)79-48)24(62)14(59)11-78-45-20(52)41(89-49-33(71)28(66)23(61)13(3)80-49)39(18(9-57)83-45)88-50-34(72)29(67)25(63)15(6-54)81-50/h4,12-51,54-76H,1,5-11,52-53H2,2-3H3/t12?,13?,14?,15?,16?,17?,18?,19?,20?,21?,22-,23-,24+,25+,26+,27?,28?,29?,30?,31?,32?,33?,34?,35?,36?,37?,38-,39-,40-,41?,42?,43?,44+,45-,46+,47-,48+,49?,50+,51+/m1/s1. The highest BCUT2D eigenvalue weighted by molar-refractivity contribution is 5.02. The molecule has 7 rings (SSSR count). The van der Waals surface area contributed by atoms with Crippen LogP contribution >= 0.6 is 0 Å². The second kappa shape index (κ2) is 33.6. The summed E-state index contributed by atoms with van der Waals surface area (Å²) in [5, 5.41) is 250. The highest BCUT2D eigenvalue weighted by Gasteiger charge is 2.58. The van der Waals surface area contributed by atoms with Crippen molar-refractivity contribution in [2.24, 2.45) is 11.5 Å². The van der Waals surface area contributed by atoms with Gasteiger partial charge in [-0.25, -0.2) is 0 Å². The van der Waals surface area contributed by atoms with Gasteiger partial charge in [-0.15, -0.1) is 6.58 Å². The largest absolute Gasteiger partial charge is 0.394 e. The van der Waals surface area contributed by atoms with Crippen LogP contribution < -0.4 is 11.5 Å². The molecule has 40 nitrogen and oxygen atoms in total. The summed E-state index contributed by atoms with van der Waals surface area (Å²) < 4.78 is 86.4. The van der Waals surface area contributed by atoms with Crippen molar-refractivity contribution in [2.45, 2.75) is 259 Å². The molecule has 25 unspecified atom stereocenters. The molecular weight excluding hydrogens is 1250 g/mol. The van der Waals surface area contributed by atoms with Crippen LogP contribution in [0.4, 0.5) is 0 Å². The molecule has 0 radical (unpaired) electrons. The molecule has 0 spiro atoms. The quantitative estimate of drug-likeness (QED) is 0.0268. The number of rotatable bonds is 27. The molecule has 0 aromatic rings. The number of hydrogen-bond acceptors (Lipinski definition) is 40. The minimum absolute atomic E-state index is 0.236. The van der Waals surface area contributed by atoms with Crippen LogP contribution in [-0.4, -0.2) is 409 Å². The Balaban J connectivity index is 1.20. The average Bonchev–Trinajstić information content (AvgIpc) is 0.859. The normalized spacial score (nSPS) is 49.3. The molecule has 27 N–H and O–H groups in total. The van der Waals surface area contributed by atoms with E-state index in [1.807, 2.05) is 0 Å². The summed E-state index contributed by atoms with van der Waals surface area (Å²) >= 11 is 0. The lowest BCUT2D eigenvalue weighted by Gasteiger charge is -2.50. The van der Waals surface area contributed by atoms with Crippen molar-refractivity contribution in [1.82, 2.24) is 0 Å². The summed E-state index contributed by atoms with van der Waals surface area (Å²) in [6, 6.07) is -3.85. The fourth-order valence-corrected chi connectivity index (χ4v) is 11.3. The first-order valence-corrected chi connectivity index (χ1v) is 29.2. The number of nitrogens with two attached hydrogens (primary N) is 2. The van der Waals surface area contributed by atoms with Crippen molar-refractivity contribution in [3.63, 3.8) is 0 Å². The van der Waals surface area contributed by atoms with Gasteiger partial charge in [0.15, 0.2) is 50.3 Å². The van der Waals surface area contributed by atoms with E-state index in [2.05, 4.69) is 6.58 Å². The molecule has 7 aliphatic rings. The third-order valence-electron chi connectivity index (χ3n) is 16.8. The van der Waals surface area contributed by atoms with Crippen LogP contribution in [0.15, 0.2) is 12.7 Å². The van der Waals surface area contributed by atoms with Crippen molar-refractivity contribution in [1.29, 1.82) is 0 Å². The Kier molecular flexibility index (Phi) is 28.2. The molecule has 0 amide bonds. The summed E-state index contributed by atoms with van der Waals surface area (Å²) in [5.74, 6) is 0. The molecule has 0 aliphatic carbocycles. The number of aliphatic hydroxyl groups excluding tert-OH is 23. The first kappa shape index (κ1) is 76.5. The van der Waals surface area contributed by atoms with Crippen LogP contribution in [0.25, 0.3) is 0 Å². The van der Waals surface area contributed by atoms with Gasteiger partial charge in [0.2, 0.25) is 0 Å². The van der Waals surface area contributed by atoms with Crippen molar-refractivity contribution in [2.75, 3.05) is 46.2 Å². The van der Waals surface area contributed by atoms with E-state index in [4.69, 9.17) is 82.5 Å². The van der Waals surface area contributed by atoms with E-state index in [1.165, 1.54) is 19.9 Å². The van der Waals surface area contributed by atoms with E-state index in [9.17, 15) is 117 Å². The molecule has 532 valence electrons. The lowest BCUT2D eigenvalue weighted by Crippen LogP contribution is -2.69.